The van der Waals surface area contributed by atoms with Crippen LogP contribution < -0.4 is 4.90 Å². The van der Waals surface area contributed by atoms with E-state index in [0.717, 1.165) is 0 Å². The van der Waals surface area contributed by atoms with Crippen LogP contribution in [-0.2, 0) is 6.54 Å². The minimum absolute atomic E-state index is 0.136. The first kappa shape index (κ1) is 13.0. The average molecular weight is 254 g/mol. The van der Waals surface area contributed by atoms with E-state index in [1.54, 1.807) is 11.6 Å². The molecular formula is C8H13F3N4S. The molecule has 0 atom stereocenters. The Morgan fingerprint density at radius 1 is 1.50 bits per heavy atom. The Bertz CT molecular complexity index is 395. The monoisotopic (exact) mass is 254 g/mol. The SMILES string of the molecule is CCn1c(N(C)CCC(F)(F)F)n[nH]c1=S. The molecule has 0 aliphatic rings. The molecule has 0 bridgehead atoms. The zero-order valence-electron chi connectivity index (χ0n) is 9.01. The number of nitrogens with zero attached hydrogens (tertiary/aromatic N) is 3. The van der Waals surface area contributed by atoms with E-state index < -0.39 is 12.6 Å². The summed E-state index contributed by atoms with van der Waals surface area (Å²) in [4.78, 5) is 1.43. The molecule has 16 heavy (non-hydrogen) atoms. The lowest BCUT2D eigenvalue weighted by Crippen LogP contribution is -2.26. The number of anilines is 1. The van der Waals surface area contributed by atoms with E-state index in [-0.39, 0.29) is 6.54 Å². The largest absolute Gasteiger partial charge is 0.390 e. The predicted octanol–water partition coefficient (Wildman–Crippen LogP) is 2.35. The molecule has 0 fully saturated rings. The normalized spacial score (nSPS) is 11.8. The molecule has 0 aromatic carbocycles. The highest BCUT2D eigenvalue weighted by Crippen LogP contribution is 2.20. The first-order chi connectivity index (χ1) is 7.35. The number of rotatable bonds is 4. The van der Waals surface area contributed by atoms with Gasteiger partial charge in [-0.25, -0.2) is 5.10 Å². The fraction of sp³-hybridized carbons (Fsp3) is 0.750. The summed E-state index contributed by atoms with van der Waals surface area (Å²) in [5, 5.41) is 6.45. The topological polar surface area (TPSA) is 36.9 Å². The van der Waals surface area contributed by atoms with Crippen LogP contribution in [0, 0.1) is 4.77 Å². The average Bonchev–Trinajstić information content (AvgIpc) is 2.54. The summed E-state index contributed by atoms with van der Waals surface area (Å²) in [5.74, 6) is 0.428. The molecule has 0 saturated heterocycles. The highest BCUT2D eigenvalue weighted by atomic mass is 32.1. The van der Waals surface area contributed by atoms with Crippen LogP contribution in [0.5, 0.6) is 0 Å². The summed E-state index contributed by atoms with van der Waals surface area (Å²) in [6, 6.07) is 0. The number of halogens is 3. The first-order valence-corrected chi connectivity index (χ1v) is 5.19. The van der Waals surface area contributed by atoms with Gasteiger partial charge in [0.2, 0.25) is 5.95 Å². The van der Waals surface area contributed by atoms with Gasteiger partial charge in [-0.05, 0) is 19.1 Å². The van der Waals surface area contributed by atoms with Gasteiger partial charge in [-0.1, -0.05) is 0 Å². The zero-order valence-corrected chi connectivity index (χ0v) is 9.82. The van der Waals surface area contributed by atoms with Crippen LogP contribution >= 0.6 is 12.2 Å². The third-order valence-electron chi connectivity index (χ3n) is 2.13. The number of aromatic amines is 1. The second-order valence-corrected chi connectivity index (χ2v) is 3.75. The molecule has 1 N–H and O–H groups in total. The predicted molar refractivity (Wildman–Crippen MR) is 57.0 cm³/mol. The van der Waals surface area contributed by atoms with Crippen molar-refractivity contribution in [3.05, 3.63) is 4.77 Å². The van der Waals surface area contributed by atoms with E-state index in [1.807, 2.05) is 6.92 Å². The zero-order chi connectivity index (χ0) is 12.3. The highest BCUT2D eigenvalue weighted by molar-refractivity contribution is 7.71. The van der Waals surface area contributed by atoms with E-state index >= 15 is 0 Å². The van der Waals surface area contributed by atoms with Gasteiger partial charge in [0.25, 0.3) is 0 Å². The molecule has 92 valence electrons. The van der Waals surface area contributed by atoms with Crippen molar-refractivity contribution in [2.24, 2.45) is 0 Å². The van der Waals surface area contributed by atoms with Crippen molar-refractivity contribution in [2.45, 2.75) is 26.1 Å². The summed E-state index contributed by atoms with van der Waals surface area (Å²) in [7, 11) is 1.56. The second-order valence-electron chi connectivity index (χ2n) is 3.36. The number of H-pyrrole nitrogens is 1. The van der Waals surface area contributed by atoms with Gasteiger partial charge in [-0.2, -0.15) is 13.2 Å². The van der Waals surface area contributed by atoms with Crippen molar-refractivity contribution in [1.29, 1.82) is 0 Å². The molecule has 1 rings (SSSR count). The van der Waals surface area contributed by atoms with Crippen LogP contribution in [0.4, 0.5) is 19.1 Å². The van der Waals surface area contributed by atoms with Gasteiger partial charge >= 0.3 is 6.18 Å². The van der Waals surface area contributed by atoms with Crippen molar-refractivity contribution < 1.29 is 13.2 Å². The molecule has 1 aromatic rings. The van der Waals surface area contributed by atoms with Crippen LogP contribution in [0.15, 0.2) is 0 Å². The van der Waals surface area contributed by atoms with Crippen LogP contribution in [0.3, 0.4) is 0 Å². The molecule has 0 amide bonds. The lowest BCUT2D eigenvalue weighted by molar-refractivity contribution is -0.132. The van der Waals surface area contributed by atoms with Gasteiger partial charge in [0.05, 0.1) is 6.42 Å². The molecule has 0 unspecified atom stereocenters. The summed E-state index contributed by atoms with van der Waals surface area (Å²) < 4.78 is 38.2. The first-order valence-electron chi connectivity index (χ1n) is 4.78. The van der Waals surface area contributed by atoms with E-state index in [1.165, 1.54) is 4.90 Å². The summed E-state index contributed by atoms with van der Waals surface area (Å²) >= 11 is 4.94. The Balaban J connectivity index is 2.73. The minimum Gasteiger partial charge on any atom is -0.344 e. The number of aromatic nitrogens is 3. The molecule has 1 heterocycles. The van der Waals surface area contributed by atoms with Crippen molar-refractivity contribution in [3.63, 3.8) is 0 Å². The third kappa shape index (κ3) is 3.22. The number of hydrogen-bond acceptors (Lipinski definition) is 3. The van der Waals surface area contributed by atoms with Crippen LogP contribution in [0.25, 0.3) is 0 Å². The fourth-order valence-corrected chi connectivity index (χ4v) is 1.54. The maximum atomic E-state index is 12.0. The third-order valence-corrected chi connectivity index (χ3v) is 2.44. The molecule has 0 spiro atoms. The van der Waals surface area contributed by atoms with Gasteiger partial charge in [0.1, 0.15) is 0 Å². The highest BCUT2D eigenvalue weighted by Gasteiger charge is 2.27. The maximum absolute atomic E-state index is 12.0. The Hall–Kier alpha value is -1.05. The summed E-state index contributed by atoms with van der Waals surface area (Å²) in [6.45, 7) is 2.29. The van der Waals surface area contributed by atoms with E-state index in [4.69, 9.17) is 12.2 Å². The lowest BCUT2D eigenvalue weighted by atomic mass is 10.4. The van der Waals surface area contributed by atoms with Crippen molar-refractivity contribution in [1.82, 2.24) is 14.8 Å². The minimum atomic E-state index is -4.15. The van der Waals surface area contributed by atoms with Crippen molar-refractivity contribution >= 4 is 18.2 Å². The smallest absolute Gasteiger partial charge is 0.344 e. The number of alkyl halides is 3. The second kappa shape index (κ2) is 4.86. The van der Waals surface area contributed by atoms with Gasteiger partial charge < -0.3 is 4.90 Å². The van der Waals surface area contributed by atoms with E-state index in [9.17, 15) is 13.2 Å². The molecule has 8 heteroatoms. The van der Waals surface area contributed by atoms with Gasteiger partial charge in [0.15, 0.2) is 4.77 Å². The Kier molecular flexibility index (Phi) is 3.95. The van der Waals surface area contributed by atoms with Crippen LogP contribution in [-0.4, -0.2) is 34.5 Å². The number of hydrogen-bond donors (Lipinski definition) is 1. The summed E-state index contributed by atoms with van der Waals surface area (Å²) in [5.41, 5.74) is 0. The molecule has 0 aliphatic carbocycles. The molecule has 0 saturated carbocycles. The van der Waals surface area contributed by atoms with Crippen LogP contribution in [0.1, 0.15) is 13.3 Å². The van der Waals surface area contributed by atoms with Crippen LogP contribution in [0.2, 0.25) is 0 Å². The Morgan fingerprint density at radius 3 is 2.62 bits per heavy atom. The molecule has 1 aromatic heterocycles. The quantitative estimate of drug-likeness (QED) is 0.838. The Labute approximate surface area is 96.1 Å². The van der Waals surface area contributed by atoms with E-state index in [2.05, 4.69) is 10.2 Å². The standard InChI is InChI=1S/C8H13F3N4S/c1-3-15-6(12-13-7(15)16)14(2)5-4-8(9,10)11/h3-5H2,1-2H3,(H,13,16). The number of nitrogens with one attached hydrogen (secondary N) is 1. The maximum Gasteiger partial charge on any atom is 0.390 e. The van der Waals surface area contributed by atoms with Gasteiger partial charge in [-0.3, -0.25) is 4.57 Å². The molecular weight excluding hydrogens is 241 g/mol. The summed E-state index contributed by atoms with van der Waals surface area (Å²) in [6.07, 6.45) is -5.02. The lowest BCUT2D eigenvalue weighted by Gasteiger charge is -2.18. The molecule has 0 radical (unpaired) electrons. The Morgan fingerprint density at radius 2 is 2.12 bits per heavy atom. The molecule has 0 aliphatic heterocycles. The van der Waals surface area contributed by atoms with Crippen molar-refractivity contribution in [2.75, 3.05) is 18.5 Å². The fourth-order valence-electron chi connectivity index (χ4n) is 1.28. The molecule has 4 nitrogen and oxygen atoms in total. The van der Waals surface area contributed by atoms with Gasteiger partial charge in [-0.15, -0.1) is 5.10 Å². The van der Waals surface area contributed by atoms with Gasteiger partial charge in [0, 0.05) is 20.1 Å². The van der Waals surface area contributed by atoms with Crippen molar-refractivity contribution in [3.8, 4) is 0 Å². The van der Waals surface area contributed by atoms with E-state index in [0.29, 0.717) is 17.3 Å².